The van der Waals surface area contributed by atoms with Crippen molar-refractivity contribution in [3.8, 4) is 23.3 Å². The van der Waals surface area contributed by atoms with Gasteiger partial charge in [-0.3, -0.25) is 27.9 Å². The van der Waals surface area contributed by atoms with Crippen LogP contribution in [0.1, 0.15) is 22.6 Å². The van der Waals surface area contributed by atoms with Crippen LogP contribution in [0.5, 0.6) is 23.3 Å². The zero-order valence-corrected chi connectivity index (χ0v) is 21.5. The van der Waals surface area contributed by atoms with Gasteiger partial charge in [0, 0.05) is 28.2 Å². The van der Waals surface area contributed by atoms with Crippen LogP contribution in [0, 0.1) is 9.54 Å². The first kappa shape index (κ1) is 24.7. The van der Waals surface area contributed by atoms with E-state index in [4.69, 9.17) is 29.2 Å². The average molecular weight is 557 g/mol. The molecule has 0 saturated carbocycles. The van der Waals surface area contributed by atoms with Crippen molar-refractivity contribution in [1.82, 2.24) is 18.3 Å². The summed E-state index contributed by atoms with van der Waals surface area (Å²) in [6.07, 6.45) is 0. The summed E-state index contributed by atoms with van der Waals surface area (Å²) >= 11 is 13.7. The fourth-order valence-electron chi connectivity index (χ4n) is 3.62. The standard InChI is InChI=1S/C20H21BrN4O6S2/c1-22-15(27)12(16(28)23(2)19(22)32)11(8-6-9(21)14(26)10(7-8)31-5)13-17(29)24(3)20(33)25(4)18(13)30/h6-7,11,26-27,29H,1-5H3. The third-order valence-electron chi connectivity index (χ3n) is 5.52. The van der Waals surface area contributed by atoms with Crippen LogP contribution >= 0.6 is 40.4 Å². The first-order valence-corrected chi connectivity index (χ1v) is 11.0. The molecule has 10 nitrogen and oxygen atoms in total. The molecule has 3 N–H and O–H groups in total. The summed E-state index contributed by atoms with van der Waals surface area (Å²) in [6, 6.07) is 2.87. The minimum Gasteiger partial charge on any atom is -0.503 e. The summed E-state index contributed by atoms with van der Waals surface area (Å²) in [5.74, 6) is -2.40. The number of phenolic OH excluding ortho intramolecular Hbond substituents is 1. The summed E-state index contributed by atoms with van der Waals surface area (Å²) < 4.78 is 10.3. The highest BCUT2D eigenvalue weighted by atomic mass is 79.9. The molecule has 0 bridgehead atoms. The molecule has 2 aromatic heterocycles. The lowest BCUT2D eigenvalue weighted by Gasteiger charge is -2.24. The summed E-state index contributed by atoms with van der Waals surface area (Å²) in [7, 11) is 7.14. The van der Waals surface area contributed by atoms with E-state index in [0.717, 1.165) is 9.13 Å². The molecule has 1 aromatic carbocycles. The Morgan fingerprint density at radius 2 is 1.27 bits per heavy atom. The number of methoxy groups -OCH3 is 1. The topological polar surface area (TPSA) is 124 Å². The maximum atomic E-state index is 13.3. The van der Waals surface area contributed by atoms with Crippen molar-refractivity contribution >= 4 is 40.4 Å². The number of benzene rings is 1. The largest absolute Gasteiger partial charge is 0.503 e. The van der Waals surface area contributed by atoms with E-state index >= 15 is 0 Å². The van der Waals surface area contributed by atoms with Crippen molar-refractivity contribution in [2.24, 2.45) is 28.2 Å². The van der Waals surface area contributed by atoms with Crippen LogP contribution < -0.4 is 15.9 Å². The normalized spacial score (nSPS) is 11.2. The fourth-order valence-corrected chi connectivity index (χ4v) is 4.42. The van der Waals surface area contributed by atoms with Crippen LogP contribution in [-0.4, -0.2) is 40.7 Å². The van der Waals surface area contributed by atoms with Gasteiger partial charge in [0.25, 0.3) is 11.1 Å². The van der Waals surface area contributed by atoms with Gasteiger partial charge in [-0.1, -0.05) is 0 Å². The predicted molar refractivity (Wildman–Crippen MR) is 130 cm³/mol. The van der Waals surface area contributed by atoms with Gasteiger partial charge in [0.1, 0.15) is 0 Å². The Kier molecular flexibility index (Phi) is 6.60. The minimum atomic E-state index is -1.28. The van der Waals surface area contributed by atoms with Gasteiger partial charge in [0.2, 0.25) is 11.8 Å². The monoisotopic (exact) mass is 556 g/mol. The molecule has 0 atom stereocenters. The molecule has 0 saturated heterocycles. The Bertz CT molecular complexity index is 1450. The van der Waals surface area contributed by atoms with Crippen LogP contribution in [0.25, 0.3) is 0 Å². The second kappa shape index (κ2) is 8.80. The minimum absolute atomic E-state index is 0.0468. The maximum Gasteiger partial charge on any atom is 0.262 e. The molecule has 2 heterocycles. The van der Waals surface area contributed by atoms with Crippen molar-refractivity contribution in [1.29, 1.82) is 0 Å². The van der Waals surface area contributed by atoms with E-state index in [9.17, 15) is 24.9 Å². The third-order valence-corrected chi connectivity index (χ3v) is 7.22. The molecule has 3 rings (SSSR count). The lowest BCUT2D eigenvalue weighted by molar-refractivity contribution is 0.370. The number of halogens is 1. The van der Waals surface area contributed by atoms with E-state index in [-0.39, 0.29) is 42.2 Å². The Balaban J connectivity index is 2.63. The number of rotatable bonds is 4. The Morgan fingerprint density at radius 3 is 1.67 bits per heavy atom. The molecule has 0 radical (unpaired) electrons. The lowest BCUT2D eigenvalue weighted by Crippen LogP contribution is -2.33. The van der Waals surface area contributed by atoms with E-state index in [0.29, 0.717) is 0 Å². The van der Waals surface area contributed by atoms with Crippen molar-refractivity contribution in [3.05, 3.63) is 63.5 Å². The molecule has 176 valence electrons. The molecule has 0 aliphatic carbocycles. The first-order valence-electron chi connectivity index (χ1n) is 9.39. The van der Waals surface area contributed by atoms with Crippen LogP contribution in [-0.2, 0) is 28.2 Å². The highest BCUT2D eigenvalue weighted by molar-refractivity contribution is 9.10. The molecular formula is C20H21BrN4O6S2. The van der Waals surface area contributed by atoms with Crippen LogP contribution in [0.15, 0.2) is 26.2 Å². The van der Waals surface area contributed by atoms with E-state index in [1.54, 1.807) is 0 Å². The average Bonchev–Trinajstić information content (AvgIpc) is 2.79. The number of phenols is 1. The molecule has 33 heavy (non-hydrogen) atoms. The van der Waals surface area contributed by atoms with Gasteiger partial charge < -0.3 is 20.1 Å². The zero-order valence-electron chi connectivity index (χ0n) is 18.3. The van der Waals surface area contributed by atoms with Gasteiger partial charge in [-0.25, -0.2) is 0 Å². The highest BCUT2D eigenvalue weighted by Gasteiger charge is 2.33. The van der Waals surface area contributed by atoms with Crippen molar-refractivity contribution in [2.75, 3.05) is 7.11 Å². The molecule has 3 aromatic rings. The fraction of sp³-hybridized carbons (Fsp3) is 0.300. The summed E-state index contributed by atoms with van der Waals surface area (Å²) in [6.45, 7) is 0. The lowest BCUT2D eigenvalue weighted by atomic mass is 9.86. The van der Waals surface area contributed by atoms with E-state index in [1.807, 2.05) is 0 Å². The Morgan fingerprint density at radius 1 is 0.848 bits per heavy atom. The van der Waals surface area contributed by atoms with Crippen LogP contribution in [0.3, 0.4) is 0 Å². The summed E-state index contributed by atoms with van der Waals surface area (Å²) in [5, 5.41) is 32.2. The molecule has 0 fully saturated rings. The molecule has 13 heteroatoms. The quantitative estimate of drug-likeness (QED) is 0.418. The molecular weight excluding hydrogens is 536 g/mol. The Labute approximate surface area is 206 Å². The van der Waals surface area contributed by atoms with E-state index < -0.39 is 28.8 Å². The van der Waals surface area contributed by atoms with Crippen LogP contribution in [0.2, 0.25) is 0 Å². The first-order chi connectivity index (χ1) is 15.3. The number of ether oxygens (including phenoxy) is 1. The van der Waals surface area contributed by atoms with Gasteiger partial charge in [0.05, 0.1) is 28.6 Å². The summed E-state index contributed by atoms with van der Waals surface area (Å²) in [4.78, 5) is 26.7. The number of hydrogen-bond donors (Lipinski definition) is 3. The highest BCUT2D eigenvalue weighted by Crippen LogP contribution is 2.43. The predicted octanol–water partition coefficient (Wildman–Crippen LogP) is 2.29. The molecule has 0 aliphatic heterocycles. The Hall–Kier alpha value is -2.90. The van der Waals surface area contributed by atoms with Crippen LogP contribution in [0.4, 0.5) is 0 Å². The van der Waals surface area contributed by atoms with Gasteiger partial charge in [-0.2, -0.15) is 0 Å². The van der Waals surface area contributed by atoms with E-state index in [1.165, 1.54) is 56.6 Å². The zero-order chi connectivity index (χ0) is 24.9. The van der Waals surface area contributed by atoms with Crippen molar-refractivity contribution < 1.29 is 20.1 Å². The third kappa shape index (κ3) is 3.79. The van der Waals surface area contributed by atoms with E-state index in [2.05, 4.69) is 15.9 Å². The number of nitrogens with zero attached hydrogens (tertiary/aromatic N) is 4. The number of aromatic hydroxyl groups is 3. The number of aromatic nitrogens is 4. The smallest absolute Gasteiger partial charge is 0.262 e. The maximum absolute atomic E-state index is 13.3. The molecule has 0 amide bonds. The second-order valence-corrected chi connectivity index (χ2v) is 8.96. The molecule has 0 aliphatic rings. The van der Waals surface area contributed by atoms with Gasteiger partial charge in [-0.15, -0.1) is 0 Å². The SMILES string of the molecule is COc1cc(C(c2c(O)n(C)c(=S)n(C)c2=O)c2c(O)n(C)c(=S)n(C)c2=O)cc(Br)c1O. The van der Waals surface area contributed by atoms with Gasteiger partial charge in [0.15, 0.2) is 21.0 Å². The molecule has 0 spiro atoms. The van der Waals surface area contributed by atoms with Gasteiger partial charge >= 0.3 is 0 Å². The molecule has 0 unspecified atom stereocenters. The summed E-state index contributed by atoms with van der Waals surface area (Å²) in [5.41, 5.74) is -1.49. The number of hydrogen-bond acceptors (Lipinski definition) is 8. The second-order valence-electron chi connectivity index (χ2n) is 7.37. The van der Waals surface area contributed by atoms with Gasteiger partial charge in [-0.05, 0) is 58.1 Å². The van der Waals surface area contributed by atoms with Crippen molar-refractivity contribution in [3.63, 3.8) is 0 Å². The van der Waals surface area contributed by atoms with Crippen molar-refractivity contribution in [2.45, 2.75) is 5.92 Å².